The Hall–Kier alpha value is -0.0400. The number of Topliss-reactive ketones (excluding diaryl/α,β-unsaturated/α-hetero) is 1. The van der Waals surface area contributed by atoms with E-state index in [0.29, 0.717) is 29.4 Å². The third kappa shape index (κ3) is 0.800. The molecule has 0 spiro atoms. The lowest BCUT2D eigenvalue weighted by Gasteiger charge is -2.16. The second-order valence-electron chi connectivity index (χ2n) is 3.53. The van der Waals surface area contributed by atoms with Gasteiger partial charge in [0.25, 0.3) is 0 Å². The van der Waals surface area contributed by atoms with Crippen molar-refractivity contribution in [2.75, 3.05) is 5.88 Å². The maximum absolute atomic E-state index is 11.1. The zero-order valence-electron chi connectivity index (χ0n) is 5.85. The fourth-order valence-corrected chi connectivity index (χ4v) is 2.75. The zero-order valence-corrected chi connectivity index (χ0v) is 6.60. The van der Waals surface area contributed by atoms with Crippen molar-refractivity contribution in [3.63, 3.8) is 0 Å². The summed E-state index contributed by atoms with van der Waals surface area (Å²) in [5, 5.41) is 0. The van der Waals surface area contributed by atoms with Crippen molar-refractivity contribution < 1.29 is 4.79 Å². The van der Waals surface area contributed by atoms with Gasteiger partial charge in [0, 0.05) is 18.2 Å². The number of hydrogen-bond acceptors (Lipinski definition) is 1. The van der Waals surface area contributed by atoms with Gasteiger partial charge in [-0.05, 0) is 24.7 Å². The molecule has 0 aromatic carbocycles. The Bertz CT molecular complexity index is 167. The van der Waals surface area contributed by atoms with Crippen LogP contribution in [0.2, 0.25) is 0 Å². The molecule has 0 unspecified atom stereocenters. The third-order valence-corrected chi connectivity index (χ3v) is 3.29. The maximum Gasteiger partial charge on any atom is 0.136 e. The highest BCUT2D eigenvalue weighted by Crippen LogP contribution is 2.46. The molecular weight excluding hydrogens is 148 g/mol. The van der Waals surface area contributed by atoms with E-state index in [1.807, 2.05) is 0 Å². The molecule has 2 bridgehead atoms. The van der Waals surface area contributed by atoms with Gasteiger partial charge < -0.3 is 0 Å². The van der Waals surface area contributed by atoms with E-state index in [0.717, 1.165) is 12.8 Å². The number of fused-ring (bicyclic) bond motifs is 2. The Labute approximate surface area is 65.7 Å². The minimum Gasteiger partial charge on any atom is -0.299 e. The first kappa shape index (κ1) is 6.66. The van der Waals surface area contributed by atoms with Gasteiger partial charge in [0.15, 0.2) is 0 Å². The van der Waals surface area contributed by atoms with Crippen LogP contribution in [0.4, 0.5) is 0 Å². The average Bonchev–Trinajstić information content (AvgIpc) is 2.44. The van der Waals surface area contributed by atoms with Crippen LogP contribution in [0.3, 0.4) is 0 Å². The predicted molar refractivity (Wildman–Crippen MR) is 40.0 cm³/mol. The number of carbonyl (C=O) groups is 1. The quantitative estimate of drug-likeness (QED) is 0.533. The lowest BCUT2D eigenvalue weighted by atomic mass is 9.89. The van der Waals surface area contributed by atoms with Crippen molar-refractivity contribution in [2.45, 2.75) is 19.3 Å². The summed E-state index contributed by atoms with van der Waals surface area (Å²) in [7, 11) is 0. The monoisotopic (exact) mass is 158 g/mol. The second kappa shape index (κ2) is 2.23. The summed E-state index contributed by atoms with van der Waals surface area (Å²) in [4.78, 5) is 11.1. The van der Waals surface area contributed by atoms with Gasteiger partial charge in [-0.1, -0.05) is 0 Å². The molecule has 0 aromatic heterocycles. The lowest BCUT2D eigenvalue weighted by Crippen LogP contribution is -2.20. The van der Waals surface area contributed by atoms with Crippen molar-refractivity contribution >= 4 is 17.4 Å². The number of carbonyl (C=O) groups excluding carboxylic acids is 1. The Morgan fingerprint density at radius 1 is 1.50 bits per heavy atom. The van der Waals surface area contributed by atoms with Crippen LogP contribution in [0.25, 0.3) is 0 Å². The standard InChI is InChI=1S/C8H11ClO/c9-4-6-1-5-2-7(6)8(10)3-5/h5-7H,1-4H2/t5-,6-,7-/m0/s1. The van der Waals surface area contributed by atoms with Crippen LogP contribution in [-0.4, -0.2) is 11.7 Å². The molecule has 2 fully saturated rings. The van der Waals surface area contributed by atoms with Crippen molar-refractivity contribution in [3.8, 4) is 0 Å². The first-order valence-corrected chi connectivity index (χ1v) is 4.43. The van der Waals surface area contributed by atoms with Gasteiger partial charge in [-0.2, -0.15) is 0 Å². The van der Waals surface area contributed by atoms with E-state index in [9.17, 15) is 4.79 Å². The molecule has 2 saturated carbocycles. The number of hydrogen-bond donors (Lipinski definition) is 0. The minimum atomic E-state index is 0.350. The van der Waals surface area contributed by atoms with E-state index in [-0.39, 0.29) is 0 Å². The molecule has 2 aliphatic carbocycles. The van der Waals surface area contributed by atoms with Crippen LogP contribution in [0, 0.1) is 17.8 Å². The molecule has 0 amide bonds. The first-order chi connectivity index (χ1) is 4.81. The van der Waals surface area contributed by atoms with Crippen molar-refractivity contribution in [3.05, 3.63) is 0 Å². The lowest BCUT2D eigenvalue weighted by molar-refractivity contribution is -0.122. The Balaban J connectivity index is 2.12. The number of ketones is 1. The molecule has 2 heteroatoms. The summed E-state index contributed by atoms with van der Waals surface area (Å²) in [6.45, 7) is 0. The summed E-state index contributed by atoms with van der Waals surface area (Å²) >= 11 is 5.71. The van der Waals surface area contributed by atoms with Gasteiger partial charge in [-0.15, -0.1) is 11.6 Å². The molecule has 10 heavy (non-hydrogen) atoms. The summed E-state index contributed by atoms with van der Waals surface area (Å²) in [6.07, 6.45) is 3.19. The molecule has 2 aliphatic rings. The van der Waals surface area contributed by atoms with Gasteiger partial charge in [-0.3, -0.25) is 4.79 Å². The molecule has 0 saturated heterocycles. The van der Waals surface area contributed by atoms with Crippen LogP contribution in [0.15, 0.2) is 0 Å². The van der Waals surface area contributed by atoms with Gasteiger partial charge in [0.2, 0.25) is 0 Å². The highest BCUT2D eigenvalue weighted by Gasteiger charge is 2.44. The number of rotatable bonds is 1. The molecule has 0 aromatic rings. The Morgan fingerprint density at radius 2 is 2.30 bits per heavy atom. The van der Waals surface area contributed by atoms with Gasteiger partial charge in [0.1, 0.15) is 5.78 Å². The topological polar surface area (TPSA) is 17.1 Å². The summed E-state index contributed by atoms with van der Waals surface area (Å²) < 4.78 is 0. The predicted octanol–water partition coefficient (Wildman–Crippen LogP) is 1.84. The van der Waals surface area contributed by atoms with E-state index in [2.05, 4.69) is 0 Å². The van der Waals surface area contributed by atoms with Gasteiger partial charge in [-0.25, -0.2) is 0 Å². The minimum absolute atomic E-state index is 0.350. The number of alkyl halides is 1. The van der Waals surface area contributed by atoms with Crippen LogP contribution in [0.5, 0.6) is 0 Å². The maximum atomic E-state index is 11.1. The molecule has 56 valence electrons. The third-order valence-electron chi connectivity index (χ3n) is 2.89. The molecule has 0 heterocycles. The first-order valence-electron chi connectivity index (χ1n) is 3.90. The molecular formula is C8H11ClO. The van der Waals surface area contributed by atoms with E-state index in [1.54, 1.807) is 0 Å². The van der Waals surface area contributed by atoms with Crippen LogP contribution in [0.1, 0.15) is 19.3 Å². The fraction of sp³-hybridized carbons (Fsp3) is 0.875. The van der Waals surface area contributed by atoms with E-state index < -0.39 is 0 Å². The number of halogens is 1. The zero-order chi connectivity index (χ0) is 7.14. The molecule has 0 aliphatic heterocycles. The van der Waals surface area contributed by atoms with Crippen molar-refractivity contribution in [1.82, 2.24) is 0 Å². The molecule has 1 nitrogen and oxygen atoms in total. The molecule has 2 rings (SSSR count). The van der Waals surface area contributed by atoms with Crippen LogP contribution >= 0.6 is 11.6 Å². The largest absolute Gasteiger partial charge is 0.299 e. The van der Waals surface area contributed by atoms with E-state index in [1.165, 1.54) is 6.42 Å². The Morgan fingerprint density at radius 3 is 2.70 bits per heavy atom. The SMILES string of the molecule is O=C1C[C@H]2C[C@@H](CCl)[C@@H]1C2. The van der Waals surface area contributed by atoms with Crippen LogP contribution in [-0.2, 0) is 4.79 Å². The summed E-state index contributed by atoms with van der Waals surface area (Å²) in [5.74, 6) is 2.73. The van der Waals surface area contributed by atoms with Crippen molar-refractivity contribution in [2.24, 2.45) is 17.8 Å². The van der Waals surface area contributed by atoms with Gasteiger partial charge in [0.05, 0.1) is 0 Å². The normalized spacial score (nSPS) is 44.9. The highest BCUT2D eigenvalue weighted by atomic mass is 35.5. The Kier molecular flexibility index (Phi) is 1.48. The van der Waals surface area contributed by atoms with E-state index >= 15 is 0 Å². The molecule has 0 radical (unpaired) electrons. The second-order valence-corrected chi connectivity index (χ2v) is 3.84. The van der Waals surface area contributed by atoms with E-state index in [4.69, 9.17) is 11.6 Å². The average molecular weight is 159 g/mol. The highest BCUT2D eigenvalue weighted by molar-refractivity contribution is 6.18. The smallest absolute Gasteiger partial charge is 0.136 e. The van der Waals surface area contributed by atoms with Crippen LogP contribution < -0.4 is 0 Å². The summed E-state index contributed by atoms with van der Waals surface area (Å²) in [6, 6.07) is 0. The fourth-order valence-electron chi connectivity index (χ4n) is 2.41. The van der Waals surface area contributed by atoms with Gasteiger partial charge >= 0.3 is 0 Å². The summed E-state index contributed by atoms with van der Waals surface area (Å²) in [5.41, 5.74) is 0. The molecule has 0 N–H and O–H groups in total. The van der Waals surface area contributed by atoms with Crippen molar-refractivity contribution in [1.29, 1.82) is 0 Å². The molecule has 3 atom stereocenters.